The zero-order chi connectivity index (χ0) is 25.7. The number of hydrogen-bond donors (Lipinski definition) is 1. The third kappa shape index (κ3) is 5.90. The van der Waals surface area contributed by atoms with Crippen molar-refractivity contribution >= 4 is 23.7 Å². The van der Waals surface area contributed by atoms with Crippen molar-refractivity contribution < 1.29 is 18.7 Å². The van der Waals surface area contributed by atoms with Gasteiger partial charge in [0, 0.05) is 17.0 Å². The van der Waals surface area contributed by atoms with E-state index in [4.69, 9.17) is 14.6 Å². The molecule has 0 radical (unpaired) electrons. The van der Waals surface area contributed by atoms with Gasteiger partial charge < -0.3 is 14.8 Å². The summed E-state index contributed by atoms with van der Waals surface area (Å²) in [6.07, 6.45) is 1.91. The van der Waals surface area contributed by atoms with Crippen LogP contribution >= 0.6 is 11.8 Å². The maximum absolute atomic E-state index is 13.9. The zero-order valence-corrected chi connectivity index (χ0v) is 21.8. The van der Waals surface area contributed by atoms with Crippen LogP contribution in [-0.4, -0.2) is 32.6 Å². The van der Waals surface area contributed by atoms with E-state index >= 15 is 0 Å². The van der Waals surface area contributed by atoms with E-state index in [1.54, 1.807) is 34.6 Å². The third-order valence-electron chi connectivity index (χ3n) is 5.67. The first-order chi connectivity index (χ1) is 17.4. The van der Waals surface area contributed by atoms with E-state index in [0.717, 1.165) is 24.2 Å². The molecule has 1 unspecified atom stereocenters. The molecule has 0 spiro atoms. The molecule has 1 atom stereocenters. The van der Waals surface area contributed by atoms with Crippen LogP contribution in [0.1, 0.15) is 57.7 Å². The molecule has 0 saturated carbocycles. The summed E-state index contributed by atoms with van der Waals surface area (Å²) in [6, 6.07) is 13.4. The lowest BCUT2D eigenvalue weighted by Crippen LogP contribution is -2.30. The highest BCUT2D eigenvalue weighted by molar-refractivity contribution is 7.99. The van der Waals surface area contributed by atoms with Crippen molar-refractivity contribution in [3.8, 4) is 5.75 Å². The largest absolute Gasteiger partial charge is 0.489 e. The Morgan fingerprint density at radius 2 is 1.94 bits per heavy atom. The number of carbonyl (C=O) groups excluding carboxylic acids is 1. The lowest BCUT2D eigenvalue weighted by molar-refractivity contribution is -0.143. The molecule has 1 N–H and O–H groups in total. The first-order valence-corrected chi connectivity index (χ1v) is 13.1. The molecular weight excluding hydrogens is 479 g/mol. The number of rotatable bonds is 10. The van der Waals surface area contributed by atoms with Crippen molar-refractivity contribution in [2.24, 2.45) is 0 Å². The minimum atomic E-state index is -0.513. The molecule has 0 aliphatic carbocycles. The Labute approximate surface area is 215 Å². The second-order valence-corrected chi connectivity index (χ2v) is 9.90. The van der Waals surface area contributed by atoms with Gasteiger partial charge in [0.25, 0.3) is 0 Å². The normalized spacial score (nSPS) is 15.0. The fourth-order valence-corrected chi connectivity index (χ4v) is 4.79. The predicted octanol–water partition coefficient (Wildman–Crippen LogP) is 6.13. The summed E-state index contributed by atoms with van der Waals surface area (Å²) in [4.78, 5) is 17.8. The number of esters is 1. The van der Waals surface area contributed by atoms with Gasteiger partial charge in [0.2, 0.25) is 11.1 Å². The van der Waals surface area contributed by atoms with Crippen molar-refractivity contribution in [1.82, 2.24) is 14.8 Å². The molecule has 0 bridgehead atoms. The van der Waals surface area contributed by atoms with Gasteiger partial charge in [-0.15, -0.1) is 5.10 Å². The van der Waals surface area contributed by atoms with Crippen molar-refractivity contribution in [1.29, 1.82) is 0 Å². The number of thioether (sulfide) groups is 1. The number of nitrogens with one attached hydrogen (secondary N) is 1. The van der Waals surface area contributed by atoms with Crippen molar-refractivity contribution in [3.05, 3.63) is 76.7 Å². The topological polar surface area (TPSA) is 78.3 Å². The highest BCUT2D eigenvalue weighted by Crippen LogP contribution is 2.37. The SMILES string of the molecule is CCCCSc1nc2n(n1)C(c1ccc(OCc3ccccc3F)cc1)C(C(=O)OC(C)C)=C(C)N2. The molecule has 2 aromatic carbocycles. The van der Waals surface area contributed by atoms with Crippen LogP contribution in [0.4, 0.5) is 10.3 Å². The average Bonchev–Trinajstić information content (AvgIpc) is 3.25. The van der Waals surface area contributed by atoms with Gasteiger partial charge in [-0.25, -0.2) is 13.9 Å². The molecule has 0 fully saturated rings. The molecule has 9 heteroatoms. The molecule has 4 rings (SSSR count). The quantitative estimate of drug-likeness (QED) is 0.200. The number of ether oxygens (including phenoxy) is 2. The third-order valence-corrected chi connectivity index (χ3v) is 6.60. The molecule has 0 amide bonds. The Morgan fingerprint density at radius 1 is 1.19 bits per heavy atom. The molecule has 3 aromatic rings. The predicted molar refractivity (Wildman–Crippen MR) is 139 cm³/mol. The van der Waals surface area contributed by atoms with Gasteiger partial charge in [0.1, 0.15) is 24.2 Å². The summed E-state index contributed by atoms with van der Waals surface area (Å²) < 4.78 is 27.0. The van der Waals surface area contributed by atoms with E-state index < -0.39 is 12.0 Å². The standard InChI is InChI=1S/C27H31FN4O3S/c1-5-6-15-36-27-30-26-29-18(4)23(25(33)35-17(2)3)24(32(26)31-27)19-11-13-21(14-12-19)34-16-20-9-7-8-10-22(20)28/h7-14,17,24H,5-6,15-16H2,1-4H3,(H,29,30,31). The molecule has 36 heavy (non-hydrogen) atoms. The number of allylic oxidation sites excluding steroid dienone is 1. The van der Waals surface area contributed by atoms with Crippen LogP contribution in [-0.2, 0) is 16.1 Å². The van der Waals surface area contributed by atoms with Crippen molar-refractivity contribution in [2.45, 2.75) is 64.4 Å². The Hall–Kier alpha value is -3.33. The molecule has 1 aliphatic heterocycles. The van der Waals surface area contributed by atoms with Crippen LogP contribution in [0.15, 0.2) is 65.0 Å². The van der Waals surface area contributed by atoms with E-state index in [0.29, 0.717) is 33.7 Å². The van der Waals surface area contributed by atoms with Crippen LogP contribution in [0, 0.1) is 5.82 Å². The number of carbonyl (C=O) groups is 1. The van der Waals surface area contributed by atoms with E-state index in [-0.39, 0.29) is 18.5 Å². The fourth-order valence-electron chi connectivity index (χ4n) is 3.87. The first kappa shape index (κ1) is 25.8. The van der Waals surface area contributed by atoms with Crippen LogP contribution in [0.2, 0.25) is 0 Å². The highest BCUT2D eigenvalue weighted by atomic mass is 32.2. The Balaban J connectivity index is 1.62. The van der Waals surface area contributed by atoms with Crippen LogP contribution in [0.5, 0.6) is 5.75 Å². The second kappa shape index (κ2) is 11.6. The van der Waals surface area contributed by atoms with Crippen molar-refractivity contribution in [3.63, 3.8) is 0 Å². The average molecular weight is 511 g/mol. The van der Waals surface area contributed by atoms with Gasteiger partial charge in [0.05, 0.1) is 11.7 Å². The number of anilines is 1. The molecule has 1 aliphatic rings. The maximum atomic E-state index is 13.9. The molecular formula is C27H31FN4O3S. The number of benzene rings is 2. The Kier molecular flexibility index (Phi) is 8.30. The van der Waals surface area contributed by atoms with Crippen LogP contribution < -0.4 is 10.1 Å². The Morgan fingerprint density at radius 3 is 2.64 bits per heavy atom. The Bertz CT molecular complexity index is 1240. The molecule has 1 aromatic heterocycles. The molecule has 0 saturated heterocycles. The number of fused-ring (bicyclic) bond motifs is 1. The summed E-state index contributed by atoms with van der Waals surface area (Å²) >= 11 is 1.60. The van der Waals surface area contributed by atoms with Gasteiger partial charge in [-0.05, 0) is 51.0 Å². The summed E-state index contributed by atoms with van der Waals surface area (Å²) in [6.45, 7) is 7.76. The number of aromatic nitrogens is 3. The van der Waals surface area contributed by atoms with Crippen LogP contribution in [0.3, 0.4) is 0 Å². The number of nitrogens with zero attached hydrogens (tertiary/aromatic N) is 3. The zero-order valence-electron chi connectivity index (χ0n) is 21.0. The minimum Gasteiger partial charge on any atom is -0.489 e. The first-order valence-electron chi connectivity index (χ1n) is 12.1. The van der Waals surface area contributed by atoms with Gasteiger partial charge in [0.15, 0.2) is 0 Å². The van der Waals surface area contributed by atoms with Gasteiger partial charge >= 0.3 is 5.97 Å². The summed E-state index contributed by atoms with van der Waals surface area (Å²) in [5, 5.41) is 8.61. The molecule has 190 valence electrons. The monoisotopic (exact) mass is 510 g/mol. The van der Waals surface area contributed by atoms with Crippen LogP contribution in [0.25, 0.3) is 0 Å². The van der Waals surface area contributed by atoms with Gasteiger partial charge in [-0.1, -0.05) is 55.4 Å². The summed E-state index contributed by atoms with van der Waals surface area (Å²) in [7, 11) is 0. The van der Waals surface area contributed by atoms with E-state index in [2.05, 4.69) is 17.2 Å². The second-order valence-electron chi connectivity index (χ2n) is 8.83. The van der Waals surface area contributed by atoms with Gasteiger partial charge in [-0.2, -0.15) is 4.98 Å². The number of unbranched alkanes of at least 4 members (excludes halogenated alkanes) is 1. The minimum absolute atomic E-state index is 0.121. The number of hydrogen-bond acceptors (Lipinski definition) is 7. The highest BCUT2D eigenvalue weighted by Gasteiger charge is 2.35. The fraction of sp³-hybridized carbons (Fsp3) is 0.370. The smallest absolute Gasteiger partial charge is 0.338 e. The summed E-state index contributed by atoms with van der Waals surface area (Å²) in [5.74, 6) is 1.40. The van der Waals surface area contributed by atoms with E-state index in [1.165, 1.54) is 6.07 Å². The van der Waals surface area contributed by atoms with E-state index in [1.807, 2.05) is 45.0 Å². The number of halogens is 1. The molecule has 7 nitrogen and oxygen atoms in total. The lowest BCUT2D eigenvalue weighted by atomic mass is 9.95. The summed E-state index contributed by atoms with van der Waals surface area (Å²) in [5.41, 5.74) is 2.47. The van der Waals surface area contributed by atoms with Gasteiger partial charge in [-0.3, -0.25) is 0 Å². The lowest BCUT2D eigenvalue weighted by Gasteiger charge is -2.28. The molecule has 2 heterocycles. The maximum Gasteiger partial charge on any atom is 0.338 e. The van der Waals surface area contributed by atoms with E-state index in [9.17, 15) is 9.18 Å². The van der Waals surface area contributed by atoms with Crippen molar-refractivity contribution in [2.75, 3.05) is 11.1 Å².